The average Bonchev–Trinajstić information content (AvgIpc) is 2.80. The highest BCUT2D eigenvalue weighted by Crippen LogP contribution is 2.40. The van der Waals surface area contributed by atoms with E-state index in [1.54, 1.807) is 24.3 Å². The Labute approximate surface area is 185 Å². The topological polar surface area (TPSA) is 84.5 Å². The van der Waals surface area contributed by atoms with Gasteiger partial charge in [0.15, 0.2) is 0 Å². The van der Waals surface area contributed by atoms with Crippen LogP contribution in [0.15, 0.2) is 53.4 Å². The van der Waals surface area contributed by atoms with Crippen LogP contribution in [0.25, 0.3) is 0 Å². The molecule has 7 heteroatoms. The number of methoxy groups -OCH3 is 1. The molecule has 0 aromatic heterocycles. The lowest BCUT2D eigenvalue weighted by atomic mass is 9.68. The number of sulfonamides is 1. The standard InChI is InChI=1S/C24H32N2O4S/c1-3-4-17-25-23(27)24(15-6-5-7-16-24)19-11-13-20(14-12-19)26-31(28,29)22-10-8-9-21(18-22)30-2/h8-14,18,26H,3-7,15-17H2,1-2H3,(H,25,27). The highest BCUT2D eigenvalue weighted by molar-refractivity contribution is 7.92. The summed E-state index contributed by atoms with van der Waals surface area (Å²) in [5.74, 6) is 0.567. The third-order valence-corrected chi connectivity index (χ3v) is 7.38. The Hall–Kier alpha value is -2.54. The molecule has 6 nitrogen and oxygen atoms in total. The van der Waals surface area contributed by atoms with E-state index in [-0.39, 0.29) is 10.8 Å². The van der Waals surface area contributed by atoms with Gasteiger partial charge in [0, 0.05) is 18.3 Å². The third kappa shape index (κ3) is 5.39. The molecule has 0 unspecified atom stereocenters. The van der Waals surface area contributed by atoms with Crippen molar-refractivity contribution in [1.29, 1.82) is 0 Å². The van der Waals surface area contributed by atoms with Crippen molar-refractivity contribution < 1.29 is 17.9 Å². The number of hydrogen-bond acceptors (Lipinski definition) is 4. The number of unbranched alkanes of at least 4 members (excludes halogenated alkanes) is 1. The van der Waals surface area contributed by atoms with Gasteiger partial charge in [-0.25, -0.2) is 8.42 Å². The zero-order valence-corrected chi connectivity index (χ0v) is 19.1. The third-order valence-electron chi connectivity index (χ3n) is 6.00. The number of benzene rings is 2. The number of rotatable bonds is 9. The van der Waals surface area contributed by atoms with Gasteiger partial charge in [-0.05, 0) is 49.1 Å². The maximum Gasteiger partial charge on any atom is 0.262 e. The molecule has 2 aromatic carbocycles. The molecular weight excluding hydrogens is 412 g/mol. The molecule has 0 bridgehead atoms. The van der Waals surface area contributed by atoms with Crippen LogP contribution in [-0.4, -0.2) is 28.0 Å². The summed E-state index contributed by atoms with van der Waals surface area (Å²) < 4.78 is 33.2. The summed E-state index contributed by atoms with van der Waals surface area (Å²) in [6, 6.07) is 13.6. The second-order valence-corrected chi connectivity index (χ2v) is 9.80. The average molecular weight is 445 g/mol. The number of anilines is 1. The van der Waals surface area contributed by atoms with E-state index < -0.39 is 15.4 Å². The van der Waals surface area contributed by atoms with Gasteiger partial charge in [-0.3, -0.25) is 9.52 Å². The summed E-state index contributed by atoms with van der Waals surface area (Å²) in [5.41, 5.74) is 0.880. The largest absolute Gasteiger partial charge is 0.497 e. The molecule has 1 aliphatic carbocycles. The van der Waals surface area contributed by atoms with Crippen molar-refractivity contribution in [3.63, 3.8) is 0 Å². The number of ether oxygens (including phenoxy) is 1. The van der Waals surface area contributed by atoms with E-state index in [9.17, 15) is 13.2 Å². The van der Waals surface area contributed by atoms with Gasteiger partial charge in [0.1, 0.15) is 5.75 Å². The first-order valence-electron chi connectivity index (χ1n) is 11.0. The maximum absolute atomic E-state index is 13.1. The molecule has 31 heavy (non-hydrogen) atoms. The van der Waals surface area contributed by atoms with E-state index in [2.05, 4.69) is 17.0 Å². The molecule has 0 saturated heterocycles. The summed E-state index contributed by atoms with van der Waals surface area (Å²) in [6.07, 6.45) is 6.82. The second kappa shape index (κ2) is 10.2. The van der Waals surface area contributed by atoms with E-state index in [1.165, 1.54) is 19.2 Å². The molecule has 1 saturated carbocycles. The van der Waals surface area contributed by atoms with Crippen molar-refractivity contribution in [1.82, 2.24) is 5.32 Å². The Morgan fingerprint density at radius 3 is 2.42 bits per heavy atom. The molecule has 1 fully saturated rings. The van der Waals surface area contributed by atoms with Crippen LogP contribution in [0.3, 0.4) is 0 Å². The fourth-order valence-corrected chi connectivity index (χ4v) is 5.28. The predicted octanol–water partition coefficient (Wildman–Crippen LogP) is 4.61. The minimum atomic E-state index is -3.74. The Morgan fingerprint density at radius 1 is 1.06 bits per heavy atom. The van der Waals surface area contributed by atoms with E-state index in [4.69, 9.17) is 4.74 Å². The molecule has 1 aliphatic rings. The minimum Gasteiger partial charge on any atom is -0.497 e. The zero-order chi connectivity index (χ0) is 22.3. The van der Waals surface area contributed by atoms with Crippen molar-refractivity contribution in [3.05, 3.63) is 54.1 Å². The molecule has 2 aromatic rings. The molecule has 1 amide bonds. The molecule has 0 heterocycles. The van der Waals surface area contributed by atoms with Crippen molar-refractivity contribution in [2.24, 2.45) is 0 Å². The van der Waals surface area contributed by atoms with Crippen molar-refractivity contribution in [2.75, 3.05) is 18.4 Å². The Morgan fingerprint density at radius 2 is 1.77 bits per heavy atom. The predicted molar refractivity (Wildman–Crippen MR) is 123 cm³/mol. The van der Waals surface area contributed by atoms with Crippen LogP contribution in [0.5, 0.6) is 5.75 Å². The zero-order valence-electron chi connectivity index (χ0n) is 18.3. The van der Waals surface area contributed by atoms with Gasteiger partial charge in [0.2, 0.25) is 5.91 Å². The normalized spacial score (nSPS) is 15.8. The summed E-state index contributed by atoms with van der Waals surface area (Å²) in [7, 11) is -2.24. The first-order chi connectivity index (χ1) is 14.9. The fraction of sp³-hybridized carbons (Fsp3) is 0.458. The molecular formula is C24H32N2O4S. The Balaban J connectivity index is 1.80. The van der Waals surface area contributed by atoms with Gasteiger partial charge in [-0.2, -0.15) is 0 Å². The quantitative estimate of drug-likeness (QED) is 0.553. The van der Waals surface area contributed by atoms with Crippen LogP contribution in [0.1, 0.15) is 57.4 Å². The number of carbonyl (C=O) groups is 1. The summed E-state index contributed by atoms with van der Waals surface area (Å²) in [4.78, 5) is 13.3. The fourth-order valence-electron chi connectivity index (χ4n) is 4.19. The summed E-state index contributed by atoms with van der Waals surface area (Å²) in [6.45, 7) is 2.79. The van der Waals surface area contributed by atoms with Crippen LogP contribution in [0.2, 0.25) is 0 Å². The number of nitrogens with one attached hydrogen (secondary N) is 2. The van der Waals surface area contributed by atoms with Gasteiger partial charge in [0.25, 0.3) is 10.0 Å². The molecule has 3 rings (SSSR count). The second-order valence-electron chi connectivity index (χ2n) is 8.11. The first kappa shape index (κ1) is 23.1. The van der Waals surface area contributed by atoms with E-state index in [0.29, 0.717) is 18.0 Å². The molecule has 0 radical (unpaired) electrons. The molecule has 0 atom stereocenters. The lowest BCUT2D eigenvalue weighted by Gasteiger charge is -2.36. The van der Waals surface area contributed by atoms with Crippen LogP contribution < -0.4 is 14.8 Å². The SMILES string of the molecule is CCCCNC(=O)C1(c2ccc(NS(=O)(=O)c3cccc(OC)c3)cc2)CCCCC1. The van der Waals surface area contributed by atoms with Crippen LogP contribution >= 0.6 is 0 Å². The van der Waals surface area contributed by atoms with Gasteiger partial charge in [-0.1, -0.05) is 50.8 Å². The van der Waals surface area contributed by atoms with Crippen LogP contribution in [0.4, 0.5) is 5.69 Å². The summed E-state index contributed by atoms with van der Waals surface area (Å²) in [5, 5.41) is 3.12. The maximum atomic E-state index is 13.1. The highest BCUT2D eigenvalue weighted by atomic mass is 32.2. The lowest BCUT2D eigenvalue weighted by molar-refractivity contribution is -0.128. The van der Waals surface area contributed by atoms with Gasteiger partial charge >= 0.3 is 0 Å². The number of amides is 1. The van der Waals surface area contributed by atoms with Crippen molar-refractivity contribution in [3.8, 4) is 5.75 Å². The van der Waals surface area contributed by atoms with E-state index in [0.717, 1.165) is 50.5 Å². The van der Waals surface area contributed by atoms with E-state index >= 15 is 0 Å². The Kier molecular flexibility index (Phi) is 7.59. The number of hydrogen-bond donors (Lipinski definition) is 2. The van der Waals surface area contributed by atoms with Gasteiger partial charge in [-0.15, -0.1) is 0 Å². The molecule has 2 N–H and O–H groups in total. The highest BCUT2D eigenvalue weighted by Gasteiger charge is 2.40. The number of carbonyl (C=O) groups excluding carboxylic acids is 1. The van der Waals surface area contributed by atoms with Crippen molar-refractivity contribution >= 4 is 21.6 Å². The Bertz CT molecular complexity index is 981. The smallest absolute Gasteiger partial charge is 0.262 e. The van der Waals surface area contributed by atoms with E-state index in [1.807, 2.05) is 12.1 Å². The minimum absolute atomic E-state index is 0.0883. The molecule has 0 aliphatic heterocycles. The van der Waals surface area contributed by atoms with Crippen molar-refractivity contribution in [2.45, 2.75) is 62.2 Å². The van der Waals surface area contributed by atoms with Crippen LogP contribution in [0, 0.1) is 0 Å². The van der Waals surface area contributed by atoms with Gasteiger partial charge in [0.05, 0.1) is 17.4 Å². The van der Waals surface area contributed by atoms with Gasteiger partial charge < -0.3 is 10.1 Å². The first-order valence-corrected chi connectivity index (χ1v) is 12.5. The molecule has 168 valence electrons. The van der Waals surface area contributed by atoms with Crippen LogP contribution in [-0.2, 0) is 20.2 Å². The monoisotopic (exact) mass is 444 g/mol. The summed E-state index contributed by atoms with van der Waals surface area (Å²) >= 11 is 0. The molecule has 0 spiro atoms. The lowest BCUT2D eigenvalue weighted by Crippen LogP contribution is -2.46.